The number of halogens is 2. The monoisotopic (exact) mass is 398 g/mol. The molecular formula is C14H12Br2N2O2. The Morgan fingerprint density at radius 3 is 2.30 bits per heavy atom. The van der Waals surface area contributed by atoms with Crippen LogP contribution >= 0.6 is 31.9 Å². The topological polar surface area (TPSA) is 55.2 Å². The number of hydrogen-bond acceptors (Lipinski definition) is 3. The number of nitrogens with zero attached hydrogens (tertiary/aromatic N) is 1. The van der Waals surface area contributed by atoms with Crippen LogP contribution in [0.3, 0.4) is 0 Å². The molecule has 0 aliphatic heterocycles. The number of nitro groups is 1. The van der Waals surface area contributed by atoms with Crippen LogP contribution in [0.25, 0.3) is 0 Å². The van der Waals surface area contributed by atoms with Crippen LogP contribution in [-0.4, -0.2) is 4.92 Å². The van der Waals surface area contributed by atoms with Gasteiger partial charge in [0.05, 0.1) is 4.92 Å². The highest BCUT2D eigenvalue weighted by atomic mass is 79.9. The summed E-state index contributed by atoms with van der Waals surface area (Å²) in [5, 5.41) is 14.3. The Labute approximate surface area is 133 Å². The second-order valence-corrected chi connectivity index (χ2v) is 6.03. The lowest BCUT2D eigenvalue weighted by atomic mass is 10.1. The first-order valence-electron chi connectivity index (χ1n) is 6.00. The number of anilines is 2. The SMILES string of the molecule is CCc1cc(Br)ccc1Nc1ccc(Br)cc1[N+](=O)[O-]. The minimum Gasteiger partial charge on any atom is -0.350 e. The third-order valence-corrected chi connectivity index (χ3v) is 3.86. The summed E-state index contributed by atoms with van der Waals surface area (Å²) in [7, 11) is 0. The van der Waals surface area contributed by atoms with Crippen molar-refractivity contribution in [1.82, 2.24) is 0 Å². The molecular weight excluding hydrogens is 388 g/mol. The van der Waals surface area contributed by atoms with Crippen LogP contribution in [0.15, 0.2) is 45.3 Å². The highest BCUT2D eigenvalue weighted by Crippen LogP contribution is 2.32. The van der Waals surface area contributed by atoms with Crippen molar-refractivity contribution in [2.45, 2.75) is 13.3 Å². The van der Waals surface area contributed by atoms with Gasteiger partial charge in [-0.25, -0.2) is 0 Å². The van der Waals surface area contributed by atoms with Crippen LogP contribution in [0, 0.1) is 10.1 Å². The molecule has 0 saturated heterocycles. The lowest BCUT2D eigenvalue weighted by Crippen LogP contribution is -1.99. The van der Waals surface area contributed by atoms with Crippen LogP contribution in [0.1, 0.15) is 12.5 Å². The number of rotatable bonds is 4. The predicted octanol–water partition coefficient (Wildman–Crippen LogP) is 5.43. The zero-order valence-electron chi connectivity index (χ0n) is 10.7. The Morgan fingerprint density at radius 1 is 1.10 bits per heavy atom. The van der Waals surface area contributed by atoms with Gasteiger partial charge in [0, 0.05) is 20.7 Å². The average molecular weight is 400 g/mol. The Morgan fingerprint density at radius 2 is 1.70 bits per heavy atom. The van der Waals surface area contributed by atoms with Crippen molar-refractivity contribution in [3.8, 4) is 0 Å². The average Bonchev–Trinajstić information content (AvgIpc) is 2.42. The van der Waals surface area contributed by atoms with Gasteiger partial charge in [-0.15, -0.1) is 0 Å². The highest BCUT2D eigenvalue weighted by Gasteiger charge is 2.15. The minimum absolute atomic E-state index is 0.0457. The lowest BCUT2D eigenvalue weighted by molar-refractivity contribution is -0.384. The molecule has 2 rings (SSSR count). The Kier molecular flexibility index (Phi) is 4.77. The number of nitro benzene ring substituents is 1. The summed E-state index contributed by atoms with van der Waals surface area (Å²) in [5.41, 5.74) is 2.50. The van der Waals surface area contributed by atoms with E-state index in [4.69, 9.17) is 0 Å². The van der Waals surface area contributed by atoms with Crippen LogP contribution in [0.2, 0.25) is 0 Å². The maximum absolute atomic E-state index is 11.1. The molecule has 0 aliphatic carbocycles. The van der Waals surface area contributed by atoms with Crippen molar-refractivity contribution in [3.63, 3.8) is 0 Å². The van der Waals surface area contributed by atoms with Gasteiger partial charge in [0.25, 0.3) is 5.69 Å². The second-order valence-electron chi connectivity index (χ2n) is 4.20. The molecule has 0 aliphatic rings. The zero-order chi connectivity index (χ0) is 14.7. The molecule has 0 saturated carbocycles. The second kappa shape index (κ2) is 6.37. The summed E-state index contributed by atoms with van der Waals surface area (Å²) in [6, 6.07) is 10.8. The zero-order valence-corrected chi connectivity index (χ0v) is 13.9. The first kappa shape index (κ1) is 15.0. The van der Waals surface area contributed by atoms with Crippen molar-refractivity contribution < 1.29 is 4.92 Å². The molecule has 0 aromatic heterocycles. The number of nitrogens with one attached hydrogen (secondary N) is 1. The number of hydrogen-bond donors (Lipinski definition) is 1. The molecule has 2 aromatic carbocycles. The van der Waals surface area contributed by atoms with Gasteiger partial charge in [0.2, 0.25) is 0 Å². The van der Waals surface area contributed by atoms with Gasteiger partial charge in [0.15, 0.2) is 0 Å². The highest BCUT2D eigenvalue weighted by molar-refractivity contribution is 9.10. The molecule has 0 spiro atoms. The van der Waals surface area contributed by atoms with Crippen molar-refractivity contribution in [3.05, 3.63) is 61.0 Å². The van der Waals surface area contributed by atoms with E-state index in [1.54, 1.807) is 12.1 Å². The van der Waals surface area contributed by atoms with Gasteiger partial charge < -0.3 is 5.32 Å². The van der Waals surface area contributed by atoms with Crippen molar-refractivity contribution in [2.24, 2.45) is 0 Å². The molecule has 0 unspecified atom stereocenters. The van der Waals surface area contributed by atoms with E-state index >= 15 is 0 Å². The van der Waals surface area contributed by atoms with Crippen molar-refractivity contribution in [2.75, 3.05) is 5.32 Å². The molecule has 0 heterocycles. The molecule has 0 atom stereocenters. The maximum atomic E-state index is 11.1. The molecule has 20 heavy (non-hydrogen) atoms. The summed E-state index contributed by atoms with van der Waals surface area (Å²) < 4.78 is 1.67. The summed E-state index contributed by atoms with van der Waals surface area (Å²) in [6.07, 6.45) is 0.839. The van der Waals surface area contributed by atoms with E-state index < -0.39 is 4.92 Å². The minimum atomic E-state index is -0.391. The van der Waals surface area contributed by atoms with Gasteiger partial charge in [-0.1, -0.05) is 38.8 Å². The quantitative estimate of drug-likeness (QED) is 0.551. The van der Waals surface area contributed by atoms with Crippen LogP contribution < -0.4 is 5.32 Å². The van der Waals surface area contributed by atoms with Gasteiger partial charge in [0.1, 0.15) is 5.69 Å². The summed E-state index contributed by atoms with van der Waals surface area (Å²) in [6.45, 7) is 2.04. The molecule has 6 heteroatoms. The third-order valence-electron chi connectivity index (χ3n) is 2.87. The summed E-state index contributed by atoms with van der Waals surface area (Å²) >= 11 is 6.68. The van der Waals surface area contributed by atoms with E-state index in [1.165, 1.54) is 6.07 Å². The van der Waals surface area contributed by atoms with E-state index in [9.17, 15) is 10.1 Å². The number of benzene rings is 2. The van der Waals surface area contributed by atoms with Gasteiger partial charge >= 0.3 is 0 Å². The Bertz CT molecular complexity index is 660. The molecule has 0 radical (unpaired) electrons. The van der Waals surface area contributed by atoms with E-state index in [2.05, 4.69) is 37.2 Å². The molecule has 1 N–H and O–H groups in total. The van der Waals surface area contributed by atoms with Gasteiger partial charge in [-0.05, 0) is 42.3 Å². The summed E-state index contributed by atoms with van der Waals surface area (Å²) in [5.74, 6) is 0. The van der Waals surface area contributed by atoms with Crippen LogP contribution in [-0.2, 0) is 6.42 Å². The first-order chi connectivity index (χ1) is 9.51. The Balaban J connectivity index is 2.42. The van der Waals surface area contributed by atoms with E-state index in [-0.39, 0.29) is 5.69 Å². The standard InChI is InChI=1S/C14H12Br2N2O2/c1-2-9-7-10(15)3-5-12(9)17-13-6-4-11(16)8-14(13)18(19)20/h3-8,17H,2H2,1H3. The van der Waals surface area contributed by atoms with Crippen LogP contribution in [0.4, 0.5) is 17.1 Å². The first-order valence-corrected chi connectivity index (χ1v) is 7.59. The normalized spacial score (nSPS) is 10.3. The number of aryl methyl sites for hydroxylation is 1. The molecule has 0 amide bonds. The fourth-order valence-electron chi connectivity index (χ4n) is 1.88. The van der Waals surface area contributed by atoms with Crippen molar-refractivity contribution in [1.29, 1.82) is 0 Å². The molecule has 0 fully saturated rings. The molecule has 104 valence electrons. The van der Waals surface area contributed by atoms with E-state index in [0.717, 1.165) is 22.1 Å². The molecule has 2 aromatic rings. The smallest absolute Gasteiger partial charge is 0.293 e. The molecule has 4 nitrogen and oxygen atoms in total. The van der Waals surface area contributed by atoms with Gasteiger partial charge in [-0.2, -0.15) is 0 Å². The lowest BCUT2D eigenvalue weighted by Gasteiger charge is -2.12. The maximum Gasteiger partial charge on any atom is 0.293 e. The van der Waals surface area contributed by atoms with E-state index in [0.29, 0.717) is 10.2 Å². The summed E-state index contributed by atoms with van der Waals surface area (Å²) in [4.78, 5) is 10.7. The third kappa shape index (κ3) is 3.37. The van der Waals surface area contributed by atoms with E-state index in [1.807, 2.05) is 25.1 Å². The Hall–Kier alpha value is -1.40. The predicted molar refractivity (Wildman–Crippen MR) is 87.6 cm³/mol. The van der Waals surface area contributed by atoms with Crippen molar-refractivity contribution >= 4 is 48.9 Å². The molecule has 0 bridgehead atoms. The van der Waals surface area contributed by atoms with Gasteiger partial charge in [-0.3, -0.25) is 10.1 Å². The van der Waals surface area contributed by atoms with Crippen LogP contribution in [0.5, 0.6) is 0 Å². The fraction of sp³-hybridized carbons (Fsp3) is 0.143. The largest absolute Gasteiger partial charge is 0.350 e. The fourth-order valence-corrected chi connectivity index (χ4v) is 2.64.